The van der Waals surface area contributed by atoms with Crippen molar-refractivity contribution in [3.8, 4) is 34.1 Å². The molecule has 5 rings (SSSR count). The van der Waals surface area contributed by atoms with Crippen LogP contribution in [0, 0.1) is 0 Å². The van der Waals surface area contributed by atoms with E-state index in [-0.39, 0.29) is 4.88 Å². The monoisotopic (exact) mass is 453 g/mol. The Bertz CT molecular complexity index is 1450. The molecule has 0 unspecified atom stereocenters. The third kappa shape index (κ3) is 4.02. The molecule has 7 heteroatoms. The fourth-order valence-corrected chi connectivity index (χ4v) is 4.48. The maximum absolute atomic E-state index is 12.9. The molecule has 0 aliphatic rings. The van der Waals surface area contributed by atoms with Gasteiger partial charge in [-0.15, -0.1) is 11.3 Å². The van der Waals surface area contributed by atoms with Crippen LogP contribution in [0.1, 0.15) is 9.67 Å². The van der Waals surface area contributed by atoms with E-state index in [1.807, 2.05) is 60.7 Å². The second-order valence-corrected chi connectivity index (χ2v) is 8.22. The summed E-state index contributed by atoms with van der Waals surface area (Å²) in [4.78, 5) is 23.4. The molecule has 0 fully saturated rings. The molecule has 33 heavy (non-hydrogen) atoms. The summed E-state index contributed by atoms with van der Waals surface area (Å²) in [5, 5.41) is 0.618. The maximum Gasteiger partial charge on any atom is 0.355 e. The van der Waals surface area contributed by atoms with Gasteiger partial charge < -0.3 is 15.2 Å². The third-order valence-corrected chi connectivity index (χ3v) is 6.18. The van der Waals surface area contributed by atoms with Gasteiger partial charge in [0.15, 0.2) is 5.82 Å². The lowest BCUT2D eigenvalue weighted by atomic mass is 10.1. The number of hydrogen-bond acceptors (Lipinski definition) is 7. The summed E-state index contributed by atoms with van der Waals surface area (Å²) in [6, 6.07) is 26.1. The Kier molecular flexibility index (Phi) is 5.46. The van der Waals surface area contributed by atoms with E-state index in [4.69, 9.17) is 25.2 Å². The van der Waals surface area contributed by atoms with E-state index < -0.39 is 5.97 Å². The van der Waals surface area contributed by atoms with Gasteiger partial charge in [-0.1, -0.05) is 60.7 Å². The van der Waals surface area contributed by atoms with Crippen LogP contribution in [0.15, 0.2) is 84.9 Å². The number of hydrogen-bond donors (Lipinski definition) is 1. The molecule has 0 atom stereocenters. The zero-order valence-corrected chi connectivity index (χ0v) is 18.5. The van der Waals surface area contributed by atoms with Gasteiger partial charge in [-0.05, 0) is 24.3 Å². The predicted octanol–water partition coefficient (Wildman–Crippen LogP) is 5.84. The Balaban J connectivity index is 1.70. The van der Waals surface area contributed by atoms with E-state index >= 15 is 0 Å². The van der Waals surface area contributed by atoms with Crippen LogP contribution in [0.5, 0.6) is 11.5 Å². The van der Waals surface area contributed by atoms with E-state index in [0.29, 0.717) is 38.9 Å². The molecule has 3 aromatic carbocycles. The highest BCUT2D eigenvalue weighted by molar-refractivity contribution is 7.21. The van der Waals surface area contributed by atoms with Crippen molar-refractivity contribution in [2.45, 2.75) is 0 Å². The summed E-state index contributed by atoms with van der Waals surface area (Å²) in [5.41, 5.74) is 9.09. The lowest BCUT2D eigenvalue weighted by Crippen LogP contribution is -2.08. The SMILES string of the molecule is COc1cccc(-c2nc(-c3ccccc3)nc3sc(C(=O)Oc4ccccc4)c(N)c23)c1. The van der Waals surface area contributed by atoms with Crippen molar-refractivity contribution in [3.63, 3.8) is 0 Å². The van der Waals surface area contributed by atoms with E-state index in [0.717, 1.165) is 11.1 Å². The quantitative estimate of drug-likeness (QED) is 0.266. The number of thiophene rings is 1. The topological polar surface area (TPSA) is 87.3 Å². The lowest BCUT2D eigenvalue weighted by molar-refractivity contribution is 0.0741. The number of anilines is 1. The van der Waals surface area contributed by atoms with E-state index in [9.17, 15) is 4.79 Å². The second-order valence-electron chi connectivity index (χ2n) is 7.22. The van der Waals surface area contributed by atoms with Crippen LogP contribution in [-0.4, -0.2) is 23.0 Å². The summed E-state index contributed by atoms with van der Waals surface area (Å²) in [7, 11) is 1.61. The smallest absolute Gasteiger partial charge is 0.355 e. The van der Waals surface area contributed by atoms with Gasteiger partial charge in [0.25, 0.3) is 0 Å². The Morgan fingerprint density at radius 1 is 0.848 bits per heavy atom. The zero-order chi connectivity index (χ0) is 22.8. The minimum atomic E-state index is -0.528. The highest BCUT2D eigenvalue weighted by Gasteiger charge is 2.24. The highest BCUT2D eigenvalue weighted by atomic mass is 32.1. The first-order valence-electron chi connectivity index (χ1n) is 10.2. The first kappa shape index (κ1) is 20.7. The fraction of sp³-hybridized carbons (Fsp3) is 0.0385. The van der Waals surface area contributed by atoms with Crippen molar-refractivity contribution >= 4 is 33.2 Å². The zero-order valence-electron chi connectivity index (χ0n) is 17.7. The Hall–Kier alpha value is -4.23. The van der Waals surface area contributed by atoms with Gasteiger partial charge in [0.1, 0.15) is 21.2 Å². The molecule has 0 aliphatic carbocycles. The van der Waals surface area contributed by atoms with Gasteiger partial charge in [0.2, 0.25) is 0 Å². The highest BCUT2D eigenvalue weighted by Crippen LogP contribution is 2.40. The normalized spacial score (nSPS) is 10.8. The molecular formula is C26H19N3O3S. The predicted molar refractivity (Wildman–Crippen MR) is 131 cm³/mol. The number of rotatable bonds is 5. The number of ether oxygens (including phenoxy) is 2. The van der Waals surface area contributed by atoms with Crippen LogP contribution < -0.4 is 15.2 Å². The summed E-state index contributed by atoms with van der Waals surface area (Å²) in [5.74, 6) is 1.16. The number of esters is 1. The standard InChI is InChI=1S/C26H19N3O3S/c1-31-19-14-8-11-17(15-19)22-20-21(27)23(26(30)32-18-12-6-3-7-13-18)33-25(20)29-24(28-22)16-9-4-2-5-10-16/h2-15H,27H2,1H3. The largest absolute Gasteiger partial charge is 0.497 e. The van der Waals surface area contributed by atoms with Crippen molar-refractivity contribution < 1.29 is 14.3 Å². The van der Waals surface area contributed by atoms with Crippen LogP contribution in [0.2, 0.25) is 0 Å². The molecule has 0 saturated heterocycles. The number of methoxy groups -OCH3 is 1. The number of para-hydroxylation sites is 1. The first-order chi connectivity index (χ1) is 16.1. The van der Waals surface area contributed by atoms with Crippen LogP contribution >= 0.6 is 11.3 Å². The fourth-order valence-electron chi connectivity index (χ4n) is 3.51. The van der Waals surface area contributed by atoms with Gasteiger partial charge in [-0.2, -0.15) is 0 Å². The van der Waals surface area contributed by atoms with Crippen molar-refractivity contribution in [2.24, 2.45) is 0 Å². The van der Waals surface area contributed by atoms with Gasteiger partial charge in [0, 0.05) is 11.1 Å². The summed E-state index contributed by atoms with van der Waals surface area (Å²) in [6.07, 6.45) is 0. The Labute approximate surface area is 194 Å². The Morgan fingerprint density at radius 2 is 1.52 bits per heavy atom. The van der Waals surface area contributed by atoms with Crippen LogP contribution in [0.3, 0.4) is 0 Å². The average Bonchev–Trinajstić information content (AvgIpc) is 3.21. The molecule has 2 heterocycles. The number of nitrogens with two attached hydrogens (primary N) is 1. The molecule has 0 amide bonds. The maximum atomic E-state index is 12.9. The van der Waals surface area contributed by atoms with Gasteiger partial charge in [-0.3, -0.25) is 0 Å². The van der Waals surface area contributed by atoms with Crippen molar-refractivity contribution in [1.82, 2.24) is 9.97 Å². The number of aromatic nitrogens is 2. The minimum Gasteiger partial charge on any atom is -0.497 e. The molecule has 5 aromatic rings. The molecule has 0 aliphatic heterocycles. The summed E-state index contributed by atoms with van der Waals surface area (Å²) in [6.45, 7) is 0. The molecule has 2 aromatic heterocycles. The average molecular weight is 454 g/mol. The third-order valence-electron chi connectivity index (χ3n) is 5.10. The van der Waals surface area contributed by atoms with Crippen molar-refractivity contribution in [2.75, 3.05) is 12.8 Å². The van der Waals surface area contributed by atoms with E-state index in [1.165, 1.54) is 11.3 Å². The van der Waals surface area contributed by atoms with E-state index in [1.54, 1.807) is 31.4 Å². The molecule has 0 spiro atoms. The second kappa shape index (κ2) is 8.72. The number of nitrogen functional groups attached to an aromatic ring is 1. The van der Waals surface area contributed by atoms with E-state index in [2.05, 4.69) is 0 Å². The van der Waals surface area contributed by atoms with Crippen LogP contribution in [0.4, 0.5) is 5.69 Å². The Morgan fingerprint density at radius 3 is 2.24 bits per heavy atom. The molecule has 0 bridgehead atoms. The molecular weight excluding hydrogens is 434 g/mol. The lowest BCUT2D eigenvalue weighted by Gasteiger charge is -2.09. The number of carbonyl (C=O) groups excluding carboxylic acids is 1. The first-order valence-corrected chi connectivity index (χ1v) is 11.0. The summed E-state index contributed by atoms with van der Waals surface area (Å²) >= 11 is 1.20. The molecule has 0 radical (unpaired) electrons. The number of fused-ring (bicyclic) bond motifs is 1. The van der Waals surface area contributed by atoms with Gasteiger partial charge in [-0.25, -0.2) is 14.8 Å². The van der Waals surface area contributed by atoms with Gasteiger partial charge in [0.05, 0.1) is 23.9 Å². The van der Waals surface area contributed by atoms with Gasteiger partial charge >= 0.3 is 5.97 Å². The minimum absolute atomic E-state index is 0.289. The number of benzene rings is 3. The molecule has 0 saturated carbocycles. The summed E-state index contributed by atoms with van der Waals surface area (Å²) < 4.78 is 10.9. The molecule has 6 nitrogen and oxygen atoms in total. The van der Waals surface area contributed by atoms with Crippen LogP contribution in [0.25, 0.3) is 32.9 Å². The van der Waals surface area contributed by atoms with Crippen LogP contribution in [-0.2, 0) is 0 Å². The number of carbonyl (C=O) groups is 1. The molecule has 162 valence electrons. The van der Waals surface area contributed by atoms with Crippen molar-refractivity contribution in [3.05, 3.63) is 89.8 Å². The molecule has 2 N–H and O–H groups in total. The van der Waals surface area contributed by atoms with Crippen molar-refractivity contribution in [1.29, 1.82) is 0 Å². The number of nitrogens with zero attached hydrogens (tertiary/aromatic N) is 2.